The van der Waals surface area contributed by atoms with Crippen LogP contribution in [0.4, 0.5) is 0 Å². The van der Waals surface area contributed by atoms with E-state index in [1.54, 1.807) is 13.2 Å². The molecule has 1 unspecified atom stereocenters. The van der Waals surface area contributed by atoms with Gasteiger partial charge in [-0.3, -0.25) is 4.79 Å². The molecular weight excluding hydrogens is 354 g/mol. The van der Waals surface area contributed by atoms with Gasteiger partial charge in [0, 0.05) is 18.2 Å². The molecule has 0 fully saturated rings. The molecule has 0 aliphatic rings. The van der Waals surface area contributed by atoms with E-state index in [2.05, 4.69) is 10.5 Å². The highest BCUT2D eigenvalue weighted by atomic mass is 16.5. The van der Waals surface area contributed by atoms with E-state index in [4.69, 9.17) is 9.26 Å². The van der Waals surface area contributed by atoms with Crippen LogP contribution < -0.4 is 10.1 Å². The molecule has 146 valence electrons. The van der Waals surface area contributed by atoms with Crippen LogP contribution in [0.3, 0.4) is 0 Å². The molecule has 28 heavy (non-hydrogen) atoms. The van der Waals surface area contributed by atoms with Gasteiger partial charge in [-0.25, -0.2) is 0 Å². The Morgan fingerprint density at radius 3 is 2.61 bits per heavy atom. The third-order valence-electron chi connectivity index (χ3n) is 4.64. The second kappa shape index (κ2) is 8.71. The first-order valence-electron chi connectivity index (χ1n) is 9.10. The zero-order chi connectivity index (χ0) is 20.1. The van der Waals surface area contributed by atoms with Gasteiger partial charge in [0.1, 0.15) is 11.4 Å². The highest BCUT2D eigenvalue weighted by Crippen LogP contribution is 2.23. The first-order chi connectivity index (χ1) is 13.5. The Hall–Kier alpha value is -3.12. The molecule has 0 spiro atoms. The van der Waals surface area contributed by atoms with E-state index in [9.17, 15) is 4.79 Å². The van der Waals surface area contributed by atoms with E-state index >= 15 is 0 Å². The van der Waals surface area contributed by atoms with E-state index in [1.165, 1.54) is 0 Å². The van der Waals surface area contributed by atoms with Crippen molar-refractivity contribution in [2.45, 2.75) is 13.0 Å². The molecule has 3 aromatic rings. The van der Waals surface area contributed by atoms with E-state index in [0.717, 1.165) is 22.4 Å². The summed E-state index contributed by atoms with van der Waals surface area (Å²) in [6.07, 6.45) is 0. The topological polar surface area (TPSA) is 67.6 Å². The normalized spacial score (nSPS) is 12.0. The number of nitrogens with zero attached hydrogens (tertiary/aromatic N) is 2. The number of benzene rings is 2. The second-order valence-electron chi connectivity index (χ2n) is 6.91. The Kier molecular flexibility index (Phi) is 6.11. The molecule has 0 aliphatic carbocycles. The molecular formula is C22H25N3O3. The monoisotopic (exact) mass is 379 g/mol. The van der Waals surface area contributed by atoms with Crippen molar-refractivity contribution in [3.8, 4) is 17.0 Å². The zero-order valence-electron chi connectivity index (χ0n) is 16.6. The number of hydrogen-bond acceptors (Lipinski definition) is 5. The quantitative estimate of drug-likeness (QED) is 0.678. The summed E-state index contributed by atoms with van der Waals surface area (Å²) >= 11 is 0. The standard InChI is InChI=1S/C22H25N3O3/c1-15-8-10-16(11-9-15)19-13-21(28-24-19)22(26)23-14-20(25(2)3)17-6-5-7-18(12-17)27-4/h5-13,20H,14H2,1-4H3,(H,23,26). The Labute approximate surface area is 165 Å². The lowest BCUT2D eigenvalue weighted by Gasteiger charge is -2.25. The number of ether oxygens (including phenoxy) is 1. The van der Waals surface area contributed by atoms with Gasteiger partial charge >= 0.3 is 0 Å². The van der Waals surface area contributed by atoms with Gasteiger partial charge in [0.25, 0.3) is 5.91 Å². The molecule has 1 N–H and O–H groups in total. The van der Waals surface area contributed by atoms with Crippen molar-refractivity contribution in [1.82, 2.24) is 15.4 Å². The van der Waals surface area contributed by atoms with Gasteiger partial charge in [0.05, 0.1) is 13.2 Å². The molecule has 0 saturated heterocycles. The third-order valence-corrected chi connectivity index (χ3v) is 4.64. The fourth-order valence-electron chi connectivity index (χ4n) is 2.97. The van der Waals surface area contributed by atoms with Crippen molar-refractivity contribution in [1.29, 1.82) is 0 Å². The smallest absolute Gasteiger partial charge is 0.289 e. The molecule has 0 bridgehead atoms. The van der Waals surface area contributed by atoms with Gasteiger partial charge in [-0.2, -0.15) is 0 Å². The molecule has 0 aliphatic heterocycles. The molecule has 1 aromatic heterocycles. The lowest BCUT2D eigenvalue weighted by atomic mass is 10.1. The summed E-state index contributed by atoms with van der Waals surface area (Å²) in [6.45, 7) is 2.45. The Balaban J connectivity index is 1.69. The zero-order valence-corrected chi connectivity index (χ0v) is 16.6. The molecule has 2 aromatic carbocycles. The fraction of sp³-hybridized carbons (Fsp3) is 0.273. The number of likely N-dealkylation sites (N-methyl/N-ethyl adjacent to an activating group) is 1. The predicted octanol–water partition coefficient (Wildman–Crippen LogP) is 3.69. The van der Waals surface area contributed by atoms with Crippen LogP contribution in [0.15, 0.2) is 59.1 Å². The van der Waals surface area contributed by atoms with Crippen molar-refractivity contribution >= 4 is 5.91 Å². The van der Waals surface area contributed by atoms with Gasteiger partial charge in [-0.15, -0.1) is 0 Å². The van der Waals surface area contributed by atoms with Gasteiger partial charge in [0.15, 0.2) is 0 Å². The molecule has 0 saturated carbocycles. The van der Waals surface area contributed by atoms with Crippen LogP contribution in [-0.2, 0) is 0 Å². The Morgan fingerprint density at radius 1 is 1.18 bits per heavy atom. The first-order valence-corrected chi connectivity index (χ1v) is 9.10. The van der Waals surface area contributed by atoms with E-state index < -0.39 is 0 Å². The van der Waals surface area contributed by atoms with Crippen molar-refractivity contribution in [2.75, 3.05) is 27.7 Å². The maximum absolute atomic E-state index is 12.5. The van der Waals surface area contributed by atoms with Gasteiger partial charge in [-0.1, -0.05) is 47.1 Å². The lowest BCUT2D eigenvalue weighted by Crippen LogP contribution is -2.34. The third kappa shape index (κ3) is 4.58. The summed E-state index contributed by atoms with van der Waals surface area (Å²) in [5.41, 5.74) is 3.78. The van der Waals surface area contributed by atoms with Crippen LogP contribution in [0, 0.1) is 6.92 Å². The van der Waals surface area contributed by atoms with Crippen molar-refractivity contribution in [2.24, 2.45) is 0 Å². The molecule has 0 radical (unpaired) electrons. The minimum absolute atomic E-state index is 0.00135. The summed E-state index contributed by atoms with van der Waals surface area (Å²) in [7, 11) is 5.58. The van der Waals surface area contributed by atoms with Crippen molar-refractivity contribution in [3.63, 3.8) is 0 Å². The number of amides is 1. The number of carbonyl (C=O) groups excluding carboxylic acids is 1. The van der Waals surface area contributed by atoms with Crippen LogP contribution in [0.1, 0.15) is 27.7 Å². The summed E-state index contributed by atoms with van der Waals surface area (Å²) in [5.74, 6) is 0.688. The average Bonchev–Trinajstić information content (AvgIpc) is 3.19. The summed E-state index contributed by atoms with van der Waals surface area (Å²) in [4.78, 5) is 14.6. The first kappa shape index (κ1) is 19.6. The van der Waals surface area contributed by atoms with Gasteiger partial charge in [-0.05, 0) is 38.7 Å². The number of methoxy groups -OCH3 is 1. The number of rotatable bonds is 7. The summed E-state index contributed by atoms with van der Waals surface area (Å²) in [6, 6.07) is 17.4. The van der Waals surface area contributed by atoms with Gasteiger partial charge < -0.3 is 19.5 Å². The Morgan fingerprint density at radius 2 is 1.93 bits per heavy atom. The SMILES string of the molecule is COc1cccc(C(CNC(=O)c2cc(-c3ccc(C)cc3)no2)N(C)C)c1. The largest absolute Gasteiger partial charge is 0.497 e. The molecule has 6 nitrogen and oxygen atoms in total. The minimum atomic E-state index is -0.291. The highest BCUT2D eigenvalue weighted by molar-refractivity contribution is 5.92. The molecule has 1 amide bonds. The van der Waals surface area contributed by atoms with Crippen LogP contribution in [-0.4, -0.2) is 43.7 Å². The summed E-state index contributed by atoms with van der Waals surface area (Å²) < 4.78 is 10.6. The summed E-state index contributed by atoms with van der Waals surface area (Å²) in [5, 5.41) is 6.95. The van der Waals surface area contributed by atoms with Crippen LogP contribution in [0.5, 0.6) is 5.75 Å². The number of aromatic nitrogens is 1. The van der Waals surface area contributed by atoms with Crippen molar-refractivity contribution in [3.05, 3.63) is 71.5 Å². The second-order valence-corrected chi connectivity index (χ2v) is 6.91. The number of carbonyl (C=O) groups is 1. The van der Waals surface area contributed by atoms with Crippen molar-refractivity contribution < 1.29 is 14.1 Å². The number of aryl methyl sites for hydroxylation is 1. The van der Waals surface area contributed by atoms with Crippen LogP contribution >= 0.6 is 0 Å². The van der Waals surface area contributed by atoms with Gasteiger partial charge in [0.2, 0.25) is 5.76 Å². The lowest BCUT2D eigenvalue weighted by molar-refractivity contribution is 0.0905. The van der Waals surface area contributed by atoms with Crippen LogP contribution in [0.2, 0.25) is 0 Å². The van der Waals surface area contributed by atoms with E-state index in [1.807, 2.05) is 74.4 Å². The molecule has 1 heterocycles. The molecule has 6 heteroatoms. The Bertz CT molecular complexity index is 932. The molecule has 3 rings (SSSR count). The highest BCUT2D eigenvalue weighted by Gasteiger charge is 2.19. The van der Waals surface area contributed by atoms with E-state index in [0.29, 0.717) is 12.2 Å². The fourth-order valence-corrected chi connectivity index (χ4v) is 2.97. The van der Waals surface area contributed by atoms with Crippen LogP contribution in [0.25, 0.3) is 11.3 Å². The number of nitrogens with one attached hydrogen (secondary N) is 1. The maximum atomic E-state index is 12.5. The number of hydrogen-bond donors (Lipinski definition) is 1. The maximum Gasteiger partial charge on any atom is 0.289 e. The van der Waals surface area contributed by atoms with E-state index in [-0.39, 0.29) is 17.7 Å². The molecule has 1 atom stereocenters. The minimum Gasteiger partial charge on any atom is -0.497 e. The average molecular weight is 379 g/mol. The predicted molar refractivity (Wildman–Crippen MR) is 108 cm³/mol.